The number of methoxy groups -OCH3 is 8. The van der Waals surface area contributed by atoms with E-state index in [0.29, 0.717) is 139 Å². The van der Waals surface area contributed by atoms with Gasteiger partial charge in [-0.2, -0.15) is 20.4 Å². The number of carbonyl (C=O) groups excluding carboxylic acids is 4. The molecule has 4 unspecified atom stereocenters. The fourth-order valence-corrected chi connectivity index (χ4v) is 16.3. The summed E-state index contributed by atoms with van der Waals surface area (Å²) in [6.45, 7) is 25.4. The quantitative estimate of drug-likeness (QED) is 0.0176. The van der Waals surface area contributed by atoms with Gasteiger partial charge in [0.2, 0.25) is 0 Å². The van der Waals surface area contributed by atoms with Crippen molar-refractivity contribution < 1.29 is 96.7 Å². The van der Waals surface area contributed by atoms with E-state index in [1.54, 1.807) is 81.1 Å². The van der Waals surface area contributed by atoms with Crippen LogP contribution in [0.15, 0.2) is 97.1 Å². The molecular formula is C96H132N12O20. The van der Waals surface area contributed by atoms with Crippen LogP contribution in [0.5, 0.6) is 46.0 Å². The van der Waals surface area contributed by atoms with Crippen molar-refractivity contribution in [2.45, 2.75) is 216 Å². The Morgan fingerprint density at radius 3 is 0.812 bits per heavy atom. The van der Waals surface area contributed by atoms with E-state index in [-0.39, 0.29) is 95.8 Å². The summed E-state index contributed by atoms with van der Waals surface area (Å²) in [5.74, 6) is 4.79. The molecule has 0 radical (unpaired) electrons. The number of hydrogen-bond acceptors (Lipinski definition) is 20. The van der Waals surface area contributed by atoms with Crippen molar-refractivity contribution in [3.63, 3.8) is 0 Å². The first-order chi connectivity index (χ1) is 61.0. The minimum atomic E-state index is -0.942. The predicted octanol–water partition coefficient (Wildman–Crippen LogP) is 15.5. The lowest BCUT2D eigenvalue weighted by Gasteiger charge is -2.18. The summed E-state index contributed by atoms with van der Waals surface area (Å²) >= 11 is 0. The van der Waals surface area contributed by atoms with E-state index < -0.39 is 48.0 Å². The highest BCUT2D eigenvalue weighted by molar-refractivity contribution is 5.97. The topological polar surface area (TPSA) is 411 Å². The second-order valence-corrected chi connectivity index (χ2v) is 35.7. The van der Waals surface area contributed by atoms with Gasteiger partial charge in [-0.15, -0.1) is 0 Å². The van der Waals surface area contributed by atoms with E-state index in [1.807, 2.05) is 147 Å². The molecule has 4 heterocycles. The third-order valence-corrected chi connectivity index (χ3v) is 23.5. The van der Waals surface area contributed by atoms with Gasteiger partial charge in [0.15, 0.2) is 22.8 Å². The zero-order valence-electron chi connectivity index (χ0n) is 77.5. The number of benzene rings is 4. The lowest BCUT2D eigenvalue weighted by molar-refractivity contribution is -0.138. The maximum absolute atomic E-state index is 13.1. The molecule has 8 atom stereocenters. The molecule has 4 saturated carbocycles. The van der Waals surface area contributed by atoms with Gasteiger partial charge in [0, 0.05) is 50.3 Å². The number of hydrogen-bond donors (Lipinski definition) is 8. The van der Waals surface area contributed by atoms with Crippen LogP contribution in [-0.4, -0.2) is 188 Å². The molecule has 4 aliphatic rings. The number of aryl methyl sites for hydroxylation is 1. The molecule has 128 heavy (non-hydrogen) atoms. The largest absolute Gasteiger partial charge is 0.496 e. The van der Waals surface area contributed by atoms with Crippen molar-refractivity contribution in [2.24, 2.45) is 65.1 Å². The van der Waals surface area contributed by atoms with Crippen LogP contribution in [0.4, 0.5) is 0 Å². The molecule has 4 fully saturated rings. The molecule has 0 aliphatic heterocycles. The van der Waals surface area contributed by atoms with Crippen LogP contribution in [0.3, 0.4) is 0 Å². The highest BCUT2D eigenvalue weighted by atomic mass is 16.5. The first-order valence-corrected chi connectivity index (χ1v) is 44.3. The van der Waals surface area contributed by atoms with Gasteiger partial charge < -0.3 is 79.6 Å². The van der Waals surface area contributed by atoms with E-state index in [2.05, 4.69) is 62.4 Å². The van der Waals surface area contributed by atoms with Crippen molar-refractivity contribution in [1.29, 1.82) is 0 Å². The Labute approximate surface area is 750 Å². The van der Waals surface area contributed by atoms with E-state index in [0.717, 1.165) is 70.7 Å². The molecule has 4 amide bonds. The fourth-order valence-electron chi connectivity index (χ4n) is 16.3. The van der Waals surface area contributed by atoms with Crippen molar-refractivity contribution in [3.05, 3.63) is 120 Å². The summed E-state index contributed by atoms with van der Waals surface area (Å²) in [5, 5.41) is 66.8. The smallest absolute Gasteiger partial charge is 0.305 e. The molecular weight excluding hydrogens is 1640 g/mol. The maximum Gasteiger partial charge on any atom is 0.305 e. The Balaban J connectivity index is 0.000000193. The zero-order valence-corrected chi connectivity index (χ0v) is 77.5. The summed E-state index contributed by atoms with van der Waals surface area (Å²) in [6.07, 6.45) is 8.64. The Morgan fingerprint density at radius 1 is 0.359 bits per heavy atom. The first kappa shape index (κ1) is 99.7. The van der Waals surface area contributed by atoms with Gasteiger partial charge in [-0.05, 0) is 189 Å². The van der Waals surface area contributed by atoms with Crippen molar-refractivity contribution in [1.82, 2.24) is 60.4 Å². The van der Waals surface area contributed by atoms with Gasteiger partial charge in [-0.1, -0.05) is 113 Å². The Hall–Kier alpha value is -12.1. The molecule has 32 heteroatoms. The summed E-state index contributed by atoms with van der Waals surface area (Å²) in [4.78, 5) is 97.2. The molecule has 0 bridgehead atoms. The van der Waals surface area contributed by atoms with E-state index in [9.17, 15) is 58.8 Å². The number of carboxylic acids is 4. The van der Waals surface area contributed by atoms with Crippen LogP contribution in [0.1, 0.15) is 208 Å². The predicted molar refractivity (Wildman–Crippen MR) is 484 cm³/mol. The number of nitrogens with zero attached hydrogens (tertiary/aromatic N) is 8. The van der Waals surface area contributed by atoms with E-state index in [4.69, 9.17) is 37.9 Å². The monoisotopic (exact) mass is 1770 g/mol. The minimum Gasteiger partial charge on any atom is -0.496 e. The SMILES string of the molecule is COc1cccc(OC)c1-c1cc(C(=O)N[C@H](CC(=O)O)CC(C)C)nn1CC1C(C)C1C.COc1cccc(OC)c1-c1cc(C(=O)N[C@H](CC(=O)O)CC(C)C)nn1CC1CC1.COc1cccc(OC)c1-c1cc(C(=O)N[C@H](CC(=O)O)CC(C)C)nn1CC1CC1C.COc1cccc(OC)c1-c1cc(C(=O)N[C@H](CC(=O)O)CC(C)C)nn1CCC1CC1. The van der Waals surface area contributed by atoms with Crippen LogP contribution in [-0.2, 0) is 45.4 Å². The number of amides is 4. The number of carboxylic acid groups (broad SMARTS) is 4. The van der Waals surface area contributed by atoms with Crippen LogP contribution in [0.2, 0.25) is 0 Å². The Kier molecular flexibility index (Phi) is 36.2. The van der Waals surface area contributed by atoms with Crippen LogP contribution in [0.25, 0.3) is 45.0 Å². The van der Waals surface area contributed by atoms with E-state index >= 15 is 0 Å². The number of aliphatic carboxylic acids is 4. The van der Waals surface area contributed by atoms with Gasteiger partial charge >= 0.3 is 23.9 Å². The number of carbonyl (C=O) groups is 8. The maximum atomic E-state index is 13.1. The standard InChI is InChI=1S/C25H35N3O5.2C24H33N3O5.C23H31N3O5/c1-14(2)10-17(11-23(29)30)26-25(31)19-12-20(28(27-19)13-18-15(3)16(18)4)24-21(32-5)8-7-9-22(24)33-6;1-14(2)9-17(11-22(28)29)25-24(30)18-12-19(27(26-18)13-16-10-15(16)3)23-20(31-4)7-6-8-21(23)32-5;1-15(2)12-17(13-22(28)29)25-24(30)18-14-19(27(26-18)11-10-16-8-9-16)23-20(31-3)6-5-7-21(23)32-4;1-14(2)10-16(11-21(27)28)24-23(29)17-12-18(26(25-17)13-15-8-9-15)22-19(30-3)6-5-7-20(22)31-4/h7-9,12,14-18H,10-11,13H2,1-6H3,(H,26,31)(H,29,30);6-8,12,14-17H,9-11,13H2,1-5H3,(H,25,30)(H,28,29);5-7,14-17H,8-13H2,1-4H3,(H,25,30)(H,28,29);5-7,12,14-16H,8-11,13H2,1-4H3,(H,24,29)(H,27,28)/t15?,16?,17-,18?;15?,16?,17-;17-;16-/m0000/s1. The molecule has 12 rings (SSSR count). The number of ether oxygens (including phenoxy) is 8. The highest BCUT2D eigenvalue weighted by Crippen LogP contribution is 2.49. The summed E-state index contributed by atoms with van der Waals surface area (Å²) in [5.41, 5.74) is 6.91. The molecule has 0 saturated heterocycles. The molecule has 8 aromatic rings. The van der Waals surface area contributed by atoms with Crippen LogP contribution >= 0.6 is 0 Å². The molecule has 4 aliphatic carbocycles. The average Bonchev–Trinajstić information content (AvgIpc) is 1.64. The van der Waals surface area contributed by atoms with Gasteiger partial charge in [-0.25, -0.2) is 0 Å². The highest BCUT2D eigenvalue weighted by Gasteiger charge is 2.44. The van der Waals surface area contributed by atoms with Gasteiger partial charge in [0.05, 0.1) is 128 Å². The van der Waals surface area contributed by atoms with Gasteiger partial charge in [0.1, 0.15) is 46.0 Å². The van der Waals surface area contributed by atoms with Crippen molar-refractivity contribution >= 4 is 47.5 Å². The molecule has 32 nitrogen and oxygen atoms in total. The van der Waals surface area contributed by atoms with E-state index in [1.165, 1.54) is 12.8 Å². The average molecular weight is 1770 g/mol. The van der Waals surface area contributed by atoms with Gasteiger partial charge in [-0.3, -0.25) is 57.1 Å². The zero-order chi connectivity index (χ0) is 93.5. The Bertz CT molecular complexity index is 5000. The molecule has 0 spiro atoms. The number of nitrogens with one attached hydrogen (secondary N) is 4. The molecule has 696 valence electrons. The first-order valence-electron chi connectivity index (χ1n) is 44.3. The lowest BCUT2D eigenvalue weighted by atomic mass is 10.0. The Morgan fingerprint density at radius 2 is 0.594 bits per heavy atom. The molecule has 4 aromatic heterocycles. The number of rotatable bonds is 45. The minimum absolute atomic E-state index is 0.125. The second kappa shape index (κ2) is 46.6. The fraction of sp³-hybridized carbons (Fsp3) is 0.542. The van der Waals surface area contributed by atoms with Gasteiger partial charge in [0.25, 0.3) is 23.6 Å². The summed E-state index contributed by atoms with van der Waals surface area (Å²) < 4.78 is 52.0. The van der Waals surface area contributed by atoms with Crippen LogP contribution in [0, 0.1) is 65.1 Å². The molecule has 4 aromatic carbocycles. The molecule has 8 N–H and O–H groups in total. The third kappa shape index (κ3) is 28.2. The van der Waals surface area contributed by atoms with Crippen molar-refractivity contribution in [2.75, 3.05) is 56.9 Å². The lowest BCUT2D eigenvalue weighted by Crippen LogP contribution is -2.37. The third-order valence-electron chi connectivity index (χ3n) is 23.5. The normalized spacial score (nSPS) is 16.9. The van der Waals surface area contributed by atoms with Crippen LogP contribution < -0.4 is 59.2 Å². The summed E-state index contributed by atoms with van der Waals surface area (Å²) in [7, 11) is 12.8. The number of aromatic nitrogens is 8. The van der Waals surface area contributed by atoms with Crippen molar-refractivity contribution in [3.8, 4) is 91.0 Å². The summed E-state index contributed by atoms with van der Waals surface area (Å²) in [6, 6.07) is 27.3. The second-order valence-electron chi connectivity index (χ2n) is 35.7.